The van der Waals surface area contributed by atoms with Crippen LogP contribution in [0.5, 0.6) is 0 Å². The highest BCUT2D eigenvalue weighted by molar-refractivity contribution is 5.02. The first-order valence-electron chi connectivity index (χ1n) is 5.81. The van der Waals surface area contributed by atoms with E-state index in [0.717, 1.165) is 25.1 Å². The zero-order chi connectivity index (χ0) is 11.3. The summed E-state index contributed by atoms with van der Waals surface area (Å²) in [4.78, 5) is 0. The van der Waals surface area contributed by atoms with Crippen LogP contribution >= 0.6 is 0 Å². The van der Waals surface area contributed by atoms with Gasteiger partial charge < -0.3 is 9.73 Å². The van der Waals surface area contributed by atoms with E-state index in [1.54, 1.807) is 6.26 Å². The molecule has 0 bridgehead atoms. The second-order valence-corrected chi connectivity index (χ2v) is 4.96. The topological polar surface area (TPSA) is 25.2 Å². The van der Waals surface area contributed by atoms with Gasteiger partial charge in [0.2, 0.25) is 0 Å². The van der Waals surface area contributed by atoms with Crippen molar-refractivity contribution in [2.45, 2.75) is 46.6 Å². The molecule has 1 heterocycles. The van der Waals surface area contributed by atoms with E-state index in [0.29, 0.717) is 11.5 Å². The first kappa shape index (κ1) is 12.3. The van der Waals surface area contributed by atoms with E-state index < -0.39 is 0 Å². The second kappa shape index (κ2) is 5.36. The summed E-state index contributed by atoms with van der Waals surface area (Å²) < 4.78 is 5.41. The van der Waals surface area contributed by atoms with Crippen LogP contribution in [-0.2, 0) is 6.42 Å². The van der Waals surface area contributed by atoms with Gasteiger partial charge in [0.25, 0.3) is 0 Å². The van der Waals surface area contributed by atoms with Crippen LogP contribution in [0.4, 0.5) is 0 Å². The Kier molecular flexibility index (Phi) is 4.40. The molecule has 1 aromatic heterocycles. The number of furan rings is 1. The summed E-state index contributed by atoms with van der Waals surface area (Å²) in [5.41, 5.74) is 0.294. The molecule has 0 amide bonds. The Bertz CT molecular complexity index is 266. The van der Waals surface area contributed by atoms with Gasteiger partial charge in [-0.1, -0.05) is 27.7 Å². The zero-order valence-corrected chi connectivity index (χ0v) is 10.3. The predicted octanol–water partition coefficient (Wildman–Crippen LogP) is 3.24. The van der Waals surface area contributed by atoms with Gasteiger partial charge in [-0.05, 0) is 24.0 Å². The molecule has 0 fully saturated rings. The summed E-state index contributed by atoms with van der Waals surface area (Å²) >= 11 is 0. The molecule has 0 saturated heterocycles. The third-order valence-corrected chi connectivity index (χ3v) is 2.97. The molecule has 0 aliphatic carbocycles. The van der Waals surface area contributed by atoms with E-state index in [4.69, 9.17) is 4.42 Å². The third-order valence-electron chi connectivity index (χ3n) is 2.97. The lowest BCUT2D eigenvalue weighted by Crippen LogP contribution is -2.36. The van der Waals surface area contributed by atoms with Crippen molar-refractivity contribution in [3.8, 4) is 0 Å². The van der Waals surface area contributed by atoms with Crippen LogP contribution in [0.25, 0.3) is 0 Å². The minimum absolute atomic E-state index is 0.294. The van der Waals surface area contributed by atoms with Gasteiger partial charge in [-0.3, -0.25) is 0 Å². The number of rotatable bonds is 6. The van der Waals surface area contributed by atoms with E-state index >= 15 is 0 Å². The SMILES string of the molecule is CCC(C)(CNC(C)C)Cc1ccco1. The Balaban J connectivity index is 2.52. The molecule has 1 unspecified atom stereocenters. The van der Waals surface area contributed by atoms with Crippen LogP contribution in [0.1, 0.15) is 39.9 Å². The largest absolute Gasteiger partial charge is 0.469 e. The fraction of sp³-hybridized carbons (Fsp3) is 0.692. The van der Waals surface area contributed by atoms with Crippen molar-refractivity contribution in [3.63, 3.8) is 0 Å². The Morgan fingerprint density at radius 3 is 2.67 bits per heavy atom. The van der Waals surface area contributed by atoms with Gasteiger partial charge in [0.15, 0.2) is 0 Å². The fourth-order valence-corrected chi connectivity index (χ4v) is 1.60. The van der Waals surface area contributed by atoms with Gasteiger partial charge >= 0.3 is 0 Å². The molecule has 2 nitrogen and oxygen atoms in total. The third kappa shape index (κ3) is 4.08. The van der Waals surface area contributed by atoms with Crippen LogP contribution in [0.3, 0.4) is 0 Å². The number of hydrogen-bond donors (Lipinski definition) is 1. The van der Waals surface area contributed by atoms with Gasteiger partial charge in [0.05, 0.1) is 6.26 Å². The summed E-state index contributed by atoms with van der Waals surface area (Å²) in [6, 6.07) is 4.57. The maximum atomic E-state index is 5.41. The monoisotopic (exact) mass is 209 g/mol. The van der Waals surface area contributed by atoms with E-state index in [-0.39, 0.29) is 0 Å². The van der Waals surface area contributed by atoms with Crippen LogP contribution in [-0.4, -0.2) is 12.6 Å². The first-order valence-corrected chi connectivity index (χ1v) is 5.81. The van der Waals surface area contributed by atoms with E-state index in [2.05, 4.69) is 39.1 Å². The van der Waals surface area contributed by atoms with Crippen molar-refractivity contribution in [2.24, 2.45) is 5.41 Å². The molecule has 0 aliphatic heterocycles. The average Bonchev–Trinajstić information content (AvgIpc) is 2.67. The molecule has 1 N–H and O–H groups in total. The average molecular weight is 209 g/mol. The molecule has 2 heteroatoms. The highest BCUT2D eigenvalue weighted by Gasteiger charge is 2.23. The molecule has 0 aromatic carbocycles. The molecule has 1 aromatic rings. The summed E-state index contributed by atoms with van der Waals surface area (Å²) in [6.45, 7) is 9.96. The summed E-state index contributed by atoms with van der Waals surface area (Å²) in [5, 5.41) is 3.51. The molecular weight excluding hydrogens is 186 g/mol. The fourth-order valence-electron chi connectivity index (χ4n) is 1.60. The highest BCUT2D eigenvalue weighted by atomic mass is 16.3. The lowest BCUT2D eigenvalue weighted by molar-refractivity contribution is 0.262. The van der Waals surface area contributed by atoms with Crippen molar-refractivity contribution in [1.29, 1.82) is 0 Å². The maximum absolute atomic E-state index is 5.41. The molecule has 1 atom stereocenters. The molecule has 0 radical (unpaired) electrons. The van der Waals surface area contributed by atoms with Gasteiger partial charge in [0, 0.05) is 19.0 Å². The van der Waals surface area contributed by atoms with Gasteiger partial charge in [0.1, 0.15) is 5.76 Å². The molecule has 0 aliphatic rings. The quantitative estimate of drug-likeness (QED) is 0.778. The smallest absolute Gasteiger partial charge is 0.104 e. The van der Waals surface area contributed by atoms with E-state index in [1.807, 2.05) is 6.07 Å². The lowest BCUT2D eigenvalue weighted by atomic mass is 9.83. The van der Waals surface area contributed by atoms with Crippen molar-refractivity contribution < 1.29 is 4.42 Å². The highest BCUT2D eigenvalue weighted by Crippen LogP contribution is 2.26. The molecule has 86 valence electrons. The minimum Gasteiger partial charge on any atom is -0.469 e. The molecular formula is C13H23NO. The number of hydrogen-bond acceptors (Lipinski definition) is 2. The van der Waals surface area contributed by atoms with Crippen LogP contribution in [0.15, 0.2) is 22.8 Å². The zero-order valence-electron chi connectivity index (χ0n) is 10.3. The normalized spacial score (nSPS) is 15.5. The van der Waals surface area contributed by atoms with Crippen LogP contribution in [0, 0.1) is 5.41 Å². The summed E-state index contributed by atoms with van der Waals surface area (Å²) in [6.07, 6.45) is 3.92. The Labute approximate surface area is 93.1 Å². The minimum atomic E-state index is 0.294. The second-order valence-electron chi connectivity index (χ2n) is 4.96. The molecule has 1 rings (SSSR count). The van der Waals surface area contributed by atoms with Crippen LogP contribution in [0.2, 0.25) is 0 Å². The lowest BCUT2D eigenvalue weighted by Gasteiger charge is -2.28. The summed E-state index contributed by atoms with van der Waals surface area (Å²) in [5.74, 6) is 1.09. The van der Waals surface area contributed by atoms with Gasteiger partial charge in [-0.2, -0.15) is 0 Å². The Morgan fingerprint density at radius 2 is 2.20 bits per heavy atom. The predicted molar refractivity (Wildman–Crippen MR) is 63.9 cm³/mol. The van der Waals surface area contributed by atoms with Crippen molar-refractivity contribution in [2.75, 3.05) is 6.54 Å². The molecule has 0 saturated carbocycles. The van der Waals surface area contributed by atoms with Crippen molar-refractivity contribution >= 4 is 0 Å². The van der Waals surface area contributed by atoms with Gasteiger partial charge in [-0.15, -0.1) is 0 Å². The number of nitrogens with one attached hydrogen (secondary N) is 1. The Morgan fingerprint density at radius 1 is 1.47 bits per heavy atom. The molecule has 15 heavy (non-hydrogen) atoms. The van der Waals surface area contributed by atoms with Gasteiger partial charge in [-0.25, -0.2) is 0 Å². The van der Waals surface area contributed by atoms with Crippen molar-refractivity contribution in [3.05, 3.63) is 24.2 Å². The van der Waals surface area contributed by atoms with Crippen molar-refractivity contribution in [1.82, 2.24) is 5.32 Å². The summed E-state index contributed by atoms with van der Waals surface area (Å²) in [7, 11) is 0. The van der Waals surface area contributed by atoms with E-state index in [1.165, 1.54) is 0 Å². The maximum Gasteiger partial charge on any atom is 0.104 e. The standard InChI is InChI=1S/C13H23NO/c1-5-13(4,10-14-11(2)3)9-12-7-6-8-15-12/h6-8,11,14H,5,9-10H2,1-4H3. The van der Waals surface area contributed by atoms with E-state index in [9.17, 15) is 0 Å². The Hall–Kier alpha value is -0.760. The first-order chi connectivity index (χ1) is 7.06. The van der Waals surface area contributed by atoms with Crippen LogP contribution < -0.4 is 5.32 Å². The molecule has 0 spiro atoms.